The fourth-order valence-electron chi connectivity index (χ4n) is 3.01. The topological polar surface area (TPSA) is 70.1 Å². The largest absolute Gasteiger partial charge is 0.481 e. The maximum Gasteiger partial charge on any atom is 0.303 e. The van der Waals surface area contributed by atoms with Crippen LogP contribution in [0.25, 0.3) is 0 Å². The molecule has 0 aromatic heterocycles. The summed E-state index contributed by atoms with van der Waals surface area (Å²) in [5, 5.41) is 8.73. The lowest BCUT2D eigenvalue weighted by molar-refractivity contribution is -0.138. The molecule has 2 atom stereocenters. The number of nitrogens with zero attached hydrogens (tertiary/aromatic N) is 2. The van der Waals surface area contributed by atoms with Crippen LogP contribution in [-0.4, -0.2) is 72.2 Å². The number of morpholine rings is 1. The summed E-state index contributed by atoms with van der Waals surface area (Å²) in [7, 11) is 0. The molecular formula is C14H24N2O4. The summed E-state index contributed by atoms with van der Waals surface area (Å²) in [6.45, 7) is 6.84. The first kappa shape index (κ1) is 15.3. The van der Waals surface area contributed by atoms with Gasteiger partial charge < -0.3 is 14.7 Å². The Balaban J connectivity index is 1.76. The van der Waals surface area contributed by atoms with Gasteiger partial charge in [-0.25, -0.2) is 0 Å². The highest BCUT2D eigenvalue weighted by Crippen LogP contribution is 2.19. The number of aliphatic carboxylic acids is 1. The van der Waals surface area contributed by atoms with Crippen molar-refractivity contribution in [3.05, 3.63) is 0 Å². The molecule has 114 valence electrons. The summed E-state index contributed by atoms with van der Waals surface area (Å²) in [5.74, 6) is -0.838. The van der Waals surface area contributed by atoms with Crippen LogP contribution < -0.4 is 0 Å². The van der Waals surface area contributed by atoms with Gasteiger partial charge in [-0.1, -0.05) is 6.92 Å². The number of ether oxygens (including phenoxy) is 1. The molecule has 6 nitrogen and oxygen atoms in total. The maximum atomic E-state index is 12.2. The third kappa shape index (κ3) is 4.18. The summed E-state index contributed by atoms with van der Waals surface area (Å²) in [6, 6.07) is 0.442. The number of carboxylic acid groups (broad SMARTS) is 1. The predicted molar refractivity (Wildman–Crippen MR) is 73.4 cm³/mol. The monoisotopic (exact) mass is 284 g/mol. The second kappa shape index (κ2) is 7.04. The molecule has 2 saturated heterocycles. The Labute approximate surface area is 119 Å². The number of amides is 1. The van der Waals surface area contributed by atoms with Gasteiger partial charge in [-0.3, -0.25) is 14.5 Å². The van der Waals surface area contributed by atoms with E-state index in [1.165, 1.54) is 0 Å². The summed E-state index contributed by atoms with van der Waals surface area (Å²) >= 11 is 0. The molecule has 1 N–H and O–H groups in total. The lowest BCUT2D eigenvalue weighted by Crippen LogP contribution is -2.45. The molecule has 6 heteroatoms. The van der Waals surface area contributed by atoms with Gasteiger partial charge in [0.2, 0.25) is 5.91 Å². The Morgan fingerprint density at radius 1 is 1.25 bits per heavy atom. The minimum Gasteiger partial charge on any atom is -0.481 e. The van der Waals surface area contributed by atoms with Crippen molar-refractivity contribution in [1.82, 2.24) is 9.80 Å². The molecule has 0 spiro atoms. The molecule has 2 aliphatic heterocycles. The minimum absolute atomic E-state index is 0.0620. The van der Waals surface area contributed by atoms with Crippen LogP contribution in [0.5, 0.6) is 0 Å². The van der Waals surface area contributed by atoms with Crippen LogP contribution >= 0.6 is 0 Å². The van der Waals surface area contributed by atoms with Crippen molar-refractivity contribution in [2.45, 2.75) is 32.2 Å². The van der Waals surface area contributed by atoms with E-state index in [0.29, 0.717) is 12.5 Å². The van der Waals surface area contributed by atoms with E-state index in [1.54, 1.807) is 0 Å². The summed E-state index contributed by atoms with van der Waals surface area (Å²) in [5.41, 5.74) is 0. The first-order chi connectivity index (χ1) is 9.56. The zero-order valence-corrected chi connectivity index (χ0v) is 12.1. The van der Waals surface area contributed by atoms with E-state index in [9.17, 15) is 9.59 Å². The smallest absolute Gasteiger partial charge is 0.303 e. The number of rotatable bonds is 5. The average Bonchev–Trinajstić information content (AvgIpc) is 2.88. The Bertz CT molecular complexity index is 355. The van der Waals surface area contributed by atoms with Gasteiger partial charge in [-0.15, -0.1) is 0 Å². The SMILES string of the molecule is CC(CC(=O)O)CC(=O)N1CCC(N2CCOCC2)C1. The first-order valence-electron chi connectivity index (χ1n) is 7.37. The summed E-state index contributed by atoms with van der Waals surface area (Å²) in [6.07, 6.45) is 1.41. The van der Waals surface area contributed by atoms with Crippen molar-refractivity contribution in [2.24, 2.45) is 5.92 Å². The normalized spacial score (nSPS) is 25.6. The molecule has 0 saturated carbocycles. The van der Waals surface area contributed by atoms with Crippen molar-refractivity contribution in [2.75, 3.05) is 39.4 Å². The second-order valence-corrected chi connectivity index (χ2v) is 5.84. The van der Waals surface area contributed by atoms with Crippen LogP contribution in [0, 0.1) is 5.92 Å². The molecule has 0 aliphatic carbocycles. The van der Waals surface area contributed by atoms with E-state index >= 15 is 0 Å². The highest BCUT2D eigenvalue weighted by atomic mass is 16.5. The molecule has 2 rings (SSSR count). The average molecular weight is 284 g/mol. The number of hydrogen-bond acceptors (Lipinski definition) is 4. The molecule has 0 radical (unpaired) electrons. The molecule has 0 aromatic rings. The predicted octanol–water partition coefficient (Wildman–Crippen LogP) is 0.420. The van der Waals surface area contributed by atoms with Crippen LogP contribution in [-0.2, 0) is 14.3 Å². The van der Waals surface area contributed by atoms with Crippen LogP contribution in [0.2, 0.25) is 0 Å². The Kier molecular flexibility index (Phi) is 5.37. The van der Waals surface area contributed by atoms with E-state index in [-0.39, 0.29) is 18.2 Å². The second-order valence-electron chi connectivity index (χ2n) is 5.84. The van der Waals surface area contributed by atoms with E-state index < -0.39 is 5.97 Å². The Morgan fingerprint density at radius 3 is 2.60 bits per heavy atom. The van der Waals surface area contributed by atoms with Gasteiger partial charge in [-0.2, -0.15) is 0 Å². The third-order valence-electron chi connectivity index (χ3n) is 4.12. The maximum absolute atomic E-state index is 12.2. The number of hydrogen-bond donors (Lipinski definition) is 1. The molecule has 2 heterocycles. The van der Waals surface area contributed by atoms with Gasteiger partial charge in [0.25, 0.3) is 0 Å². The zero-order chi connectivity index (χ0) is 14.5. The van der Waals surface area contributed by atoms with E-state index in [1.807, 2.05) is 11.8 Å². The molecule has 1 amide bonds. The quantitative estimate of drug-likeness (QED) is 0.792. The first-order valence-corrected chi connectivity index (χ1v) is 7.37. The zero-order valence-electron chi connectivity index (χ0n) is 12.1. The van der Waals surface area contributed by atoms with E-state index in [0.717, 1.165) is 45.8 Å². The lowest BCUT2D eigenvalue weighted by Gasteiger charge is -2.32. The molecule has 20 heavy (non-hydrogen) atoms. The van der Waals surface area contributed by atoms with Gasteiger partial charge in [0.15, 0.2) is 0 Å². The molecular weight excluding hydrogens is 260 g/mol. The molecule has 0 bridgehead atoms. The van der Waals surface area contributed by atoms with E-state index in [2.05, 4.69) is 4.90 Å². The highest BCUT2D eigenvalue weighted by Gasteiger charge is 2.31. The van der Waals surface area contributed by atoms with Crippen molar-refractivity contribution in [1.29, 1.82) is 0 Å². The van der Waals surface area contributed by atoms with Gasteiger partial charge in [0.1, 0.15) is 0 Å². The number of likely N-dealkylation sites (tertiary alicyclic amines) is 1. The number of carboxylic acids is 1. The standard InChI is InChI=1S/C14H24N2O4/c1-11(9-14(18)19)8-13(17)16-3-2-12(10-16)15-4-6-20-7-5-15/h11-12H,2-10H2,1H3,(H,18,19). The van der Waals surface area contributed by atoms with E-state index in [4.69, 9.17) is 9.84 Å². The molecule has 0 aromatic carbocycles. The van der Waals surface area contributed by atoms with Gasteiger partial charge >= 0.3 is 5.97 Å². The Hall–Kier alpha value is -1.14. The molecule has 2 fully saturated rings. The number of carbonyl (C=O) groups is 2. The summed E-state index contributed by atoms with van der Waals surface area (Å²) < 4.78 is 5.35. The van der Waals surface area contributed by atoms with Crippen molar-refractivity contribution in [3.63, 3.8) is 0 Å². The van der Waals surface area contributed by atoms with Gasteiger partial charge in [0.05, 0.1) is 13.2 Å². The van der Waals surface area contributed by atoms with Crippen molar-refractivity contribution >= 4 is 11.9 Å². The number of carbonyl (C=O) groups excluding carboxylic acids is 1. The highest BCUT2D eigenvalue weighted by molar-refractivity contribution is 5.77. The van der Waals surface area contributed by atoms with Crippen LogP contribution in [0.4, 0.5) is 0 Å². The molecule has 2 unspecified atom stereocenters. The molecule has 2 aliphatic rings. The fraction of sp³-hybridized carbons (Fsp3) is 0.857. The van der Waals surface area contributed by atoms with Crippen molar-refractivity contribution in [3.8, 4) is 0 Å². The van der Waals surface area contributed by atoms with Gasteiger partial charge in [-0.05, 0) is 12.3 Å². The van der Waals surface area contributed by atoms with Crippen molar-refractivity contribution < 1.29 is 19.4 Å². The van der Waals surface area contributed by atoms with Crippen LogP contribution in [0.1, 0.15) is 26.2 Å². The minimum atomic E-state index is -0.835. The third-order valence-corrected chi connectivity index (χ3v) is 4.12. The lowest BCUT2D eigenvalue weighted by atomic mass is 10.0. The van der Waals surface area contributed by atoms with Gasteiger partial charge in [0, 0.05) is 45.1 Å². The Morgan fingerprint density at radius 2 is 1.95 bits per heavy atom. The fourth-order valence-corrected chi connectivity index (χ4v) is 3.01. The summed E-state index contributed by atoms with van der Waals surface area (Å²) in [4.78, 5) is 27.1. The van der Waals surface area contributed by atoms with Crippen LogP contribution in [0.15, 0.2) is 0 Å². The van der Waals surface area contributed by atoms with Crippen LogP contribution in [0.3, 0.4) is 0 Å².